The van der Waals surface area contributed by atoms with Crippen LogP contribution in [0.5, 0.6) is 5.75 Å². The van der Waals surface area contributed by atoms with Crippen molar-refractivity contribution in [1.29, 1.82) is 0 Å². The van der Waals surface area contributed by atoms with E-state index in [-0.39, 0.29) is 11.8 Å². The van der Waals surface area contributed by atoms with Crippen molar-refractivity contribution in [2.75, 3.05) is 19.1 Å². The highest BCUT2D eigenvalue weighted by atomic mass is 79.9. The Morgan fingerprint density at radius 2 is 1.86 bits per heavy atom. The molecule has 2 unspecified atom stereocenters. The molecule has 0 aromatic heterocycles. The first kappa shape index (κ1) is 15.1. The summed E-state index contributed by atoms with van der Waals surface area (Å²) in [6.45, 7) is 0. The molecule has 1 fully saturated rings. The molecule has 3 rings (SSSR count). The van der Waals surface area contributed by atoms with Gasteiger partial charge < -0.3 is 9.64 Å². The Hall–Kier alpha value is -1.81. The fraction of sp³-hybridized carbons (Fsp3) is 0.278. The van der Waals surface area contributed by atoms with Gasteiger partial charge in [0.25, 0.3) is 0 Å². The highest BCUT2D eigenvalue weighted by molar-refractivity contribution is 9.10. The van der Waals surface area contributed by atoms with E-state index in [4.69, 9.17) is 4.74 Å². The fourth-order valence-electron chi connectivity index (χ4n) is 2.82. The van der Waals surface area contributed by atoms with Crippen LogP contribution in [0.25, 0.3) is 0 Å². The molecule has 1 saturated carbocycles. The van der Waals surface area contributed by atoms with Gasteiger partial charge in [0.2, 0.25) is 5.91 Å². The topological polar surface area (TPSA) is 29.5 Å². The van der Waals surface area contributed by atoms with Crippen LogP contribution in [0.3, 0.4) is 0 Å². The lowest BCUT2D eigenvalue weighted by Crippen LogP contribution is -2.28. The fourth-order valence-corrected chi connectivity index (χ4v) is 3.08. The smallest absolute Gasteiger partial charge is 0.230 e. The Morgan fingerprint density at radius 1 is 1.18 bits per heavy atom. The molecule has 0 N–H and O–H groups in total. The summed E-state index contributed by atoms with van der Waals surface area (Å²) in [6.07, 6.45) is 0.917. The number of amides is 1. The molecule has 2 aromatic rings. The third kappa shape index (κ3) is 2.88. The first-order chi connectivity index (χ1) is 10.6. The van der Waals surface area contributed by atoms with Crippen molar-refractivity contribution in [3.8, 4) is 5.75 Å². The van der Waals surface area contributed by atoms with Gasteiger partial charge in [0.15, 0.2) is 0 Å². The van der Waals surface area contributed by atoms with Crippen LogP contribution in [0.2, 0.25) is 0 Å². The number of anilines is 1. The molecule has 0 heterocycles. The lowest BCUT2D eigenvalue weighted by atomic mass is 10.1. The molecule has 0 radical (unpaired) electrons. The number of carbonyl (C=O) groups excluding carboxylic acids is 1. The van der Waals surface area contributed by atoms with E-state index in [1.54, 1.807) is 12.0 Å². The Bertz CT molecular complexity index is 684. The van der Waals surface area contributed by atoms with Crippen LogP contribution >= 0.6 is 15.9 Å². The standard InChI is InChI=1S/C18H18BrNO2/c1-20(16-5-3-4-6-17(16)22-2)18(21)15-11-14(15)12-7-9-13(19)10-8-12/h3-10,14-15H,11H2,1-2H3. The molecule has 2 aromatic carbocycles. The van der Waals surface area contributed by atoms with E-state index in [9.17, 15) is 4.79 Å². The van der Waals surface area contributed by atoms with E-state index in [1.807, 2.05) is 43.4 Å². The van der Waals surface area contributed by atoms with Crippen LogP contribution in [0.1, 0.15) is 17.9 Å². The Labute approximate surface area is 139 Å². The summed E-state index contributed by atoms with van der Waals surface area (Å²) >= 11 is 3.44. The first-order valence-corrected chi connectivity index (χ1v) is 8.07. The number of para-hydroxylation sites is 2. The van der Waals surface area contributed by atoms with Crippen molar-refractivity contribution in [2.45, 2.75) is 12.3 Å². The van der Waals surface area contributed by atoms with Crippen LogP contribution in [0.4, 0.5) is 5.69 Å². The normalized spacial score (nSPS) is 19.6. The minimum absolute atomic E-state index is 0.0658. The molecule has 0 spiro atoms. The van der Waals surface area contributed by atoms with Gasteiger partial charge in [-0.1, -0.05) is 40.2 Å². The number of nitrogens with zero attached hydrogens (tertiary/aromatic N) is 1. The van der Waals surface area contributed by atoms with Gasteiger partial charge in [-0.2, -0.15) is 0 Å². The first-order valence-electron chi connectivity index (χ1n) is 7.28. The zero-order valence-electron chi connectivity index (χ0n) is 12.6. The molecule has 1 aliphatic carbocycles. The molecule has 1 aliphatic rings. The number of rotatable bonds is 4. The number of benzene rings is 2. The number of methoxy groups -OCH3 is 1. The summed E-state index contributed by atoms with van der Waals surface area (Å²) in [5, 5.41) is 0. The summed E-state index contributed by atoms with van der Waals surface area (Å²) < 4.78 is 6.40. The maximum Gasteiger partial charge on any atom is 0.230 e. The Balaban J connectivity index is 1.74. The van der Waals surface area contributed by atoms with Crippen molar-refractivity contribution in [1.82, 2.24) is 0 Å². The van der Waals surface area contributed by atoms with E-state index >= 15 is 0 Å². The van der Waals surface area contributed by atoms with Crippen LogP contribution < -0.4 is 9.64 Å². The predicted molar refractivity (Wildman–Crippen MR) is 91.4 cm³/mol. The molecule has 2 atom stereocenters. The van der Waals surface area contributed by atoms with Crippen molar-refractivity contribution >= 4 is 27.5 Å². The lowest BCUT2D eigenvalue weighted by Gasteiger charge is -2.20. The van der Waals surface area contributed by atoms with Crippen molar-refractivity contribution in [3.05, 3.63) is 58.6 Å². The van der Waals surface area contributed by atoms with Gasteiger partial charge in [-0.05, 0) is 42.2 Å². The second-order valence-corrected chi connectivity index (χ2v) is 6.49. The van der Waals surface area contributed by atoms with Gasteiger partial charge in [-0.25, -0.2) is 0 Å². The number of ether oxygens (including phenoxy) is 1. The van der Waals surface area contributed by atoms with E-state index in [1.165, 1.54) is 5.56 Å². The molecule has 0 aliphatic heterocycles. The van der Waals surface area contributed by atoms with Gasteiger partial charge in [0.05, 0.1) is 12.8 Å². The summed E-state index contributed by atoms with van der Waals surface area (Å²) in [5.74, 6) is 1.27. The van der Waals surface area contributed by atoms with Crippen LogP contribution in [0.15, 0.2) is 53.0 Å². The third-order valence-corrected chi connectivity index (χ3v) is 4.71. The second-order valence-electron chi connectivity index (χ2n) is 5.57. The van der Waals surface area contributed by atoms with Gasteiger partial charge >= 0.3 is 0 Å². The quantitative estimate of drug-likeness (QED) is 0.817. The molecule has 0 saturated heterocycles. The minimum Gasteiger partial charge on any atom is -0.495 e. The number of carbonyl (C=O) groups is 1. The van der Waals surface area contributed by atoms with Crippen molar-refractivity contribution in [2.24, 2.45) is 5.92 Å². The van der Waals surface area contributed by atoms with E-state index < -0.39 is 0 Å². The van der Waals surface area contributed by atoms with Gasteiger partial charge in [0, 0.05) is 17.4 Å². The maximum atomic E-state index is 12.7. The SMILES string of the molecule is COc1ccccc1N(C)C(=O)C1CC1c1ccc(Br)cc1. The maximum absolute atomic E-state index is 12.7. The summed E-state index contributed by atoms with van der Waals surface area (Å²) in [7, 11) is 3.44. The molecule has 1 amide bonds. The molecular formula is C18H18BrNO2. The number of hydrogen-bond donors (Lipinski definition) is 0. The summed E-state index contributed by atoms with van der Waals surface area (Å²) in [5.41, 5.74) is 2.05. The second kappa shape index (κ2) is 6.13. The molecule has 22 heavy (non-hydrogen) atoms. The molecule has 3 nitrogen and oxygen atoms in total. The van der Waals surface area contributed by atoms with E-state index in [2.05, 4.69) is 28.1 Å². The number of halogens is 1. The Kier molecular flexibility index (Phi) is 4.21. The van der Waals surface area contributed by atoms with Crippen LogP contribution in [-0.2, 0) is 4.79 Å². The average molecular weight is 360 g/mol. The van der Waals surface area contributed by atoms with E-state index in [0.717, 1.165) is 22.3 Å². The van der Waals surface area contributed by atoms with Gasteiger partial charge in [0.1, 0.15) is 5.75 Å². The molecule has 114 valence electrons. The zero-order chi connectivity index (χ0) is 15.7. The highest BCUT2D eigenvalue weighted by Gasteiger charge is 2.45. The largest absolute Gasteiger partial charge is 0.495 e. The lowest BCUT2D eigenvalue weighted by molar-refractivity contribution is -0.119. The predicted octanol–water partition coefficient (Wildman–Crippen LogP) is 4.22. The average Bonchev–Trinajstić information content (AvgIpc) is 3.34. The number of hydrogen-bond acceptors (Lipinski definition) is 2. The third-order valence-electron chi connectivity index (χ3n) is 4.18. The van der Waals surface area contributed by atoms with Crippen LogP contribution in [-0.4, -0.2) is 20.1 Å². The molecular weight excluding hydrogens is 342 g/mol. The van der Waals surface area contributed by atoms with Gasteiger partial charge in [-0.3, -0.25) is 4.79 Å². The van der Waals surface area contributed by atoms with Crippen molar-refractivity contribution in [3.63, 3.8) is 0 Å². The Morgan fingerprint density at radius 3 is 2.55 bits per heavy atom. The summed E-state index contributed by atoms with van der Waals surface area (Å²) in [4.78, 5) is 14.4. The van der Waals surface area contributed by atoms with Crippen molar-refractivity contribution < 1.29 is 9.53 Å². The highest BCUT2D eigenvalue weighted by Crippen LogP contribution is 2.49. The molecule has 0 bridgehead atoms. The van der Waals surface area contributed by atoms with Crippen LogP contribution in [0, 0.1) is 5.92 Å². The van der Waals surface area contributed by atoms with E-state index in [0.29, 0.717) is 5.92 Å². The van der Waals surface area contributed by atoms with Gasteiger partial charge in [-0.15, -0.1) is 0 Å². The molecule has 4 heteroatoms. The monoisotopic (exact) mass is 359 g/mol. The minimum atomic E-state index is 0.0658. The zero-order valence-corrected chi connectivity index (χ0v) is 14.2. The summed E-state index contributed by atoms with van der Waals surface area (Å²) in [6, 6.07) is 15.8.